The van der Waals surface area contributed by atoms with E-state index in [2.05, 4.69) is 53.2 Å². The lowest BCUT2D eigenvalue weighted by atomic mass is 9.96. The van der Waals surface area contributed by atoms with Crippen molar-refractivity contribution < 1.29 is 4.74 Å². The maximum Gasteiger partial charge on any atom is 0.118 e. The van der Waals surface area contributed by atoms with Gasteiger partial charge in [0.15, 0.2) is 0 Å². The van der Waals surface area contributed by atoms with Crippen molar-refractivity contribution in [3.05, 3.63) is 63.6 Å². The Morgan fingerprint density at radius 2 is 1.85 bits per heavy atom. The molecule has 0 saturated carbocycles. The quantitative estimate of drug-likeness (QED) is 0.880. The summed E-state index contributed by atoms with van der Waals surface area (Å²) in [7, 11) is 1.68. The Morgan fingerprint density at radius 1 is 1.15 bits per heavy atom. The van der Waals surface area contributed by atoms with Crippen molar-refractivity contribution in [3.8, 4) is 5.75 Å². The van der Waals surface area contributed by atoms with Gasteiger partial charge in [-0.2, -0.15) is 0 Å². The normalized spacial score (nSPS) is 12.2. The van der Waals surface area contributed by atoms with E-state index in [0.717, 1.165) is 23.1 Å². The fourth-order valence-electron chi connectivity index (χ4n) is 2.28. The molecule has 0 amide bonds. The summed E-state index contributed by atoms with van der Waals surface area (Å²) in [6.07, 6.45) is 1.90. The van der Waals surface area contributed by atoms with Gasteiger partial charge >= 0.3 is 0 Å². The molecule has 0 aromatic heterocycles. The molecule has 1 atom stereocenters. The molecule has 0 bridgehead atoms. The first kappa shape index (κ1) is 15.1. The molecule has 20 heavy (non-hydrogen) atoms. The highest BCUT2D eigenvalue weighted by Gasteiger charge is 2.09. The van der Waals surface area contributed by atoms with Crippen LogP contribution in [0.5, 0.6) is 5.75 Å². The van der Waals surface area contributed by atoms with Crippen LogP contribution >= 0.6 is 15.9 Å². The van der Waals surface area contributed by atoms with Crippen molar-refractivity contribution in [3.63, 3.8) is 0 Å². The van der Waals surface area contributed by atoms with E-state index in [9.17, 15) is 0 Å². The summed E-state index contributed by atoms with van der Waals surface area (Å²) in [5.74, 6) is 0.890. The minimum atomic E-state index is 0.0644. The van der Waals surface area contributed by atoms with Crippen LogP contribution in [-0.4, -0.2) is 7.11 Å². The van der Waals surface area contributed by atoms with Crippen molar-refractivity contribution >= 4 is 15.9 Å². The summed E-state index contributed by atoms with van der Waals surface area (Å²) in [6.45, 7) is 2.11. The fourth-order valence-corrected chi connectivity index (χ4v) is 2.66. The Bertz CT molecular complexity index is 566. The molecule has 0 saturated heterocycles. The standard InChI is InChI=1S/C17H20BrNO/c1-12-3-7-14(18)11-16(12)17(19)10-6-13-4-8-15(20-2)9-5-13/h3-5,7-9,11,17H,6,10,19H2,1-2H3. The van der Waals surface area contributed by atoms with Crippen molar-refractivity contribution in [1.29, 1.82) is 0 Å². The van der Waals surface area contributed by atoms with Gasteiger partial charge in [0.1, 0.15) is 5.75 Å². The molecule has 0 aliphatic carbocycles. The van der Waals surface area contributed by atoms with E-state index < -0.39 is 0 Å². The van der Waals surface area contributed by atoms with E-state index in [-0.39, 0.29) is 6.04 Å². The second-order valence-corrected chi connectivity index (χ2v) is 5.91. The van der Waals surface area contributed by atoms with Gasteiger partial charge in [0.05, 0.1) is 7.11 Å². The molecule has 0 radical (unpaired) electrons. The number of methoxy groups -OCH3 is 1. The van der Waals surface area contributed by atoms with Gasteiger partial charge in [0.2, 0.25) is 0 Å². The zero-order chi connectivity index (χ0) is 14.5. The van der Waals surface area contributed by atoms with E-state index in [1.165, 1.54) is 16.7 Å². The van der Waals surface area contributed by atoms with Crippen molar-refractivity contribution in [2.75, 3.05) is 7.11 Å². The van der Waals surface area contributed by atoms with Crippen LogP contribution in [0.2, 0.25) is 0 Å². The van der Waals surface area contributed by atoms with Gasteiger partial charge in [-0.15, -0.1) is 0 Å². The Labute approximate surface area is 129 Å². The highest BCUT2D eigenvalue weighted by atomic mass is 79.9. The maximum atomic E-state index is 6.32. The molecular weight excluding hydrogens is 314 g/mol. The van der Waals surface area contributed by atoms with Gasteiger partial charge in [0, 0.05) is 10.5 Å². The third-order valence-corrected chi connectivity index (χ3v) is 4.04. The molecule has 0 aliphatic rings. The number of aryl methyl sites for hydroxylation is 2. The molecule has 2 aromatic rings. The number of hydrogen-bond acceptors (Lipinski definition) is 2. The van der Waals surface area contributed by atoms with E-state index in [0.29, 0.717) is 0 Å². The summed E-state index contributed by atoms with van der Waals surface area (Å²) < 4.78 is 6.24. The number of benzene rings is 2. The first-order chi connectivity index (χ1) is 9.60. The zero-order valence-corrected chi connectivity index (χ0v) is 13.5. The molecule has 0 spiro atoms. The molecule has 1 unspecified atom stereocenters. The molecular formula is C17H20BrNO. The Hall–Kier alpha value is -1.32. The Balaban J connectivity index is 2.00. The second-order valence-electron chi connectivity index (χ2n) is 4.99. The Kier molecular flexibility index (Phi) is 5.21. The number of hydrogen-bond donors (Lipinski definition) is 1. The van der Waals surface area contributed by atoms with E-state index in [1.807, 2.05) is 12.1 Å². The lowest BCUT2D eigenvalue weighted by molar-refractivity contribution is 0.414. The maximum absolute atomic E-state index is 6.32. The summed E-state index contributed by atoms with van der Waals surface area (Å²) in [5.41, 5.74) is 10.1. The number of halogens is 1. The summed E-state index contributed by atoms with van der Waals surface area (Å²) in [5, 5.41) is 0. The van der Waals surface area contributed by atoms with Crippen LogP contribution in [0, 0.1) is 6.92 Å². The van der Waals surface area contributed by atoms with Gasteiger partial charge < -0.3 is 10.5 Å². The van der Waals surface area contributed by atoms with Crippen molar-refractivity contribution in [2.24, 2.45) is 5.73 Å². The van der Waals surface area contributed by atoms with Gasteiger partial charge in [-0.3, -0.25) is 0 Å². The highest BCUT2D eigenvalue weighted by Crippen LogP contribution is 2.24. The number of ether oxygens (including phenoxy) is 1. The van der Waals surface area contributed by atoms with Gasteiger partial charge in [-0.05, 0) is 60.7 Å². The monoisotopic (exact) mass is 333 g/mol. The smallest absolute Gasteiger partial charge is 0.118 e. The lowest BCUT2D eigenvalue weighted by Crippen LogP contribution is -2.12. The van der Waals surface area contributed by atoms with Crippen LogP contribution in [-0.2, 0) is 6.42 Å². The zero-order valence-electron chi connectivity index (χ0n) is 11.9. The molecule has 2 N–H and O–H groups in total. The van der Waals surface area contributed by atoms with E-state index in [4.69, 9.17) is 10.5 Å². The molecule has 106 valence electrons. The van der Waals surface area contributed by atoms with E-state index >= 15 is 0 Å². The molecule has 3 heteroatoms. The average molecular weight is 334 g/mol. The van der Waals surface area contributed by atoms with E-state index in [1.54, 1.807) is 7.11 Å². The predicted octanol–water partition coefficient (Wildman–Crippen LogP) is 4.40. The lowest BCUT2D eigenvalue weighted by Gasteiger charge is -2.15. The third-order valence-electron chi connectivity index (χ3n) is 3.54. The van der Waals surface area contributed by atoms with Gasteiger partial charge in [0.25, 0.3) is 0 Å². The van der Waals surface area contributed by atoms with Crippen LogP contribution in [0.25, 0.3) is 0 Å². The molecule has 0 heterocycles. The van der Waals surface area contributed by atoms with Crippen LogP contribution in [0.15, 0.2) is 46.9 Å². The fraction of sp³-hybridized carbons (Fsp3) is 0.294. The number of nitrogens with two attached hydrogens (primary N) is 1. The molecule has 2 nitrogen and oxygen atoms in total. The average Bonchev–Trinajstić information content (AvgIpc) is 2.47. The van der Waals surface area contributed by atoms with Gasteiger partial charge in [-0.1, -0.05) is 34.1 Å². The second kappa shape index (κ2) is 6.91. The van der Waals surface area contributed by atoms with Crippen LogP contribution in [0.1, 0.15) is 29.2 Å². The van der Waals surface area contributed by atoms with Crippen LogP contribution in [0.4, 0.5) is 0 Å². The minimum absolute atomic E-state index is 0.0644. The Morgan fingerprint density at radius 3 is 2.50 bits per heavy atom. The summed E-state index contributed by atoms with van der Waals surface area (Å²) in [6, 6.07) is 14.5. The first-order valence-corrected chi connectivity index (χ1v) is 7.54. The van der Waals surface area contributed by atoms with Crippen molar-refractivity contribution in [1.82, 2.24) is 0 Å². The molecule has 2 aromatic carbocycles. The van der Waals surface area contributed by atoms with Crippen LogP contribution in [0.3, 0.4) is 0 Å². The minimum Gasteiger partial charge on any atom is -0.497 e. The molecule has 2 rings (SSSR count). The van der Waals surface area contributed by atoms with Gasteiger partial charge in [-0.25, -0.2) is 0 Å². The SMILES string of the molecule is COc1ccc(CCC(N)c2cc(Br)ccc2C)cc1. The summed E-state index contributed by atoms with van der Waals surface area (Å²) in [4.78, 5) is 0. The summed E-state index contributed by atoms with van der Waals surface area (Å²) >= 11 is 3.51. The largest absolute Gasteiger partial charge is 0.497 e. The first-order valence-electron chi connectivity index (χ1n) is 6.74. The predicted molar refractivity (Wildman–Crippen MR) is 87.1 cm³/mol. The third kappa shape index (κ3) is 3.84. The molecule has 0 aliphatic heterocycles. The highest BCUT2D eigenvalue weighted by molar-refractivity contribution is 9.10. The molecule has 0 fully saturated rings. The number of rotatable bonds is 5. The topological polar surface area (TPSA) is 35.2 Å². The van der Waals surface area contributed by atoms with Crippen LogP contribution < -0.4 is 10.5 Å². The van der Waals surface area contributed by atoms with Crippen molar-refractivity contribution in [2.45, 2.75) is 25.8 Å².